The van der Waals surface area contributed by atoms with E-state index in [1.807, 2.05) is 20.8 Å². The molecule has 0 radical (unpaired) electrons. The van der Waals surface area contributed by atoms with Crippen molar-refractivity contribution in [2.75, 3.05) is 14.2 Å². The summed E-state index contributed by atoms with van der Waals surface area (Å²) in [7, 11) is 3.04. The van der Waals surface area contributed by atoms with Crippen LogP contribution in [0.15, 0.2) is 18.2 Å². The number of ether oxygens (including phenoxy) is 1. The number of thiazole rings is 1. The number of aromatic nitrogens is 1. The molecule has 4 nitrogen and oxygen atoms in total. The molecule has 0 saturated heterocycles. The molecular weight excluding hydrogens is 303 g/mol. The zero-order valence-electron chi connectivity index (χ0n) is 13.3. The van der Waals surface area contributed by atoms with Crippen LogP contribution in [0.4, 0.5) is 4.39 Å². The van der Waals surface area contributed by atoms with Crippen LogP contribution in [0.2, 0.25) is 0 Å². The van der Waals surface area contributed by atoms with Gasteiger partial charge in [0.2, 0.25) is 0 Å². The molecule has 1 amide bonds. The van der Waals surface area contributed by atoms with Gasteiger partial charge in [-0.1, -0.05) is 6.07 Å². The molecular formula is C16H19FN2O2S. The van der Waals surface area contributed by atoms with Crippen LogP contribution in [0.5, 0.6) is 5.75 Å². The van der Waals surface area contributed by atoms with Crippen molar-refractivity contribution >= 4 is 17.2 Å². The van der Waals surface area contributed by atoms with E-state index in [1.165, 1.54) is 19.2 Å². The number of nitrogens with zero attached hydrogens (tertiary/aromatic N) is 2. The molecule has 0 spiro atoms. The van der Waals surface area contributed by atoms with Gasteiger partial charge in [0.15, 0.2) is 11.6 Å². The van der Waals surface area contributed by atoms with Crippen molar-refractivity contribution in [1.82, 2.24) is 9.88 Å². The van der Waals surface area contributed by atoms with Crippen molar-refractivity contribution in [2.24, 2.45) is 0 Å². The Balaban J connectivity index is 2.33. The fourth-order valence-electron chi connectivity index (χ4n) is 2.37. The lowest BCUT2D eigenvalue weighted by Crippen LogP contribution is -2.30. The summed E-state index contributed by atoms with van der Waals surface area (Å²) < 4.78 is 18.8. The molecule has 0 bridgehead atoms. The predicted octanol–water partition coefficient (Wildman–Crippen LogP) is 3.74. The Bertz CT molecular complexity index is 699. The van der Waals surface area contributed by atoms with Crippen LogP contribution in [-0.2, 0) is 0 Å². The lowest BCUT2D eigenvalue weighted by Gasteiger charge is -2.25. The fourth-order valence-corrected chi connectivity index (χ4v) is 3.27. The number of halogens is 1. The minimum atomic E-state index is -0.546. The molecule has 1 atom stereocenters. The third-order valence-electron chi connectivity index (χ3n) is 3.64. The summed E-state index contributed by atoms with van der Waals surface area (Å²) in [4.78, 5) is 19.8. The Morgan fingerprint density at radius 1 is 1.41 bits per heavy atom. The van der Waals surface area contributed by atoms with Crippen LogP contribution in [0, 0.1) is 19.7 Å². The molecule has 2 aromatic rings. The van der Waals surface area contributed by atoms with E-state index in [-0.39, 0.29) is 23.3 Å². The number of carbonyl (C=O) groups is 1. The van der Waals surface area contributed by atoms with Crippen molar-refractivity contribution in [3.63, 3.8) is 0 Å². The summed E-state index contributed by atoms with van der Waals surface area (Å²) in [5.41, 5.74) is 1.08. The molecule has 1 aromatic heterocycles. The number of hydrogen-bond donors (Lipinski definition) is 0. The number of rotatable bonds is 4. The summed E-state index contributed by atoms with van der Waals surface area (Å²) >= 11 is 1.60. The summed E-state index contributed by atoms with van der Waals surface area (Å²) in [5, 5.41) is 0.962. The van der Waals surface area contributed by atoms with Gasteiger partial charge in [-0.05, 0) is 32.9 Å². The van der Waals surface area contributed by atoms with Crippen LogP contribution in [-0.4, -0.2) is 29.9 Å². The van der Waals surface area contributed by atoms with Gasteiger partial charge >= 0.3 is 0 Å². The van der Waals surface area contributed by atoms with Crippen LogP contribution in [0.3, 0.4) is 0 Å². The van der Waals surface area contributed by atoms with Crippen molar-refractivity contribution in [1.29, 1.82) is 0 Å². The van der Waals surface area contributed by atoms with E-state index in [4.69, 9.17) is 4.74 Å². The molecule has 0 saturated carbocycles. The number of methoxy groups -OCH3 is 1. The molecule has 118 valence electrons. The molecule has 0 unspecified atom stereocenters. The van der Waals surface area contributed by atoms with Crippen molar-refractivity contribution in [3.05, 3.63) is 45.2 Å². The van der Waals surface area contributed by atoms with E-state index >= 15 is 0 Å². The SMILES string of the molecule is COc1c(F)cccc1C(=O)N(C)[C@@H](C)c1nc(C)sc1C. The molecule has 0 aliphatic rings. The first-order valence-corrected chi connectivity index (χ1v) is 7.72. The van der Waals surface area contributed by atoms with Gasteiger partial charge in [0, 0.05) is 11.9 Å². The van der Waals surface area contributed by atoms with Crippen molar-refractivity contribution in [3.8, 4) is 5.75 Å². The monoisotopic (exact) mass is 322 g/mol. The third kappa shape index (κ3) is 2.97. The molecule has 2 rings (SSSR count). The minimum absolute atomic E-state index is 0.0299. The highest BCUT2D eigenvalue weighted by Gasteiger charge is 2.25. The predicted molar refractivity (Wildman–Crippen MR) is 85.0 cm³/mol. The number of amides is 1. The molecule has 22 heavy (non-hydrogen) atoms. The molecule has 0 aliphatic heterocycles. The molecule has 6 heteroatoms. The average molecular weight is 322 g/mol. The Morgan fingerprint density at radius 2 is 2.09 bits per heavy atom. The topological polar surface area (TPSA) is 42.4 Å². The van der Waals surface area contributed by atoms with Crippen molar-refractivity contribution in [2.45, 2.75) is 26.8 Å². The summed E-state index contributed by atoms with van der Waals surface area (Å²) in [6, 6.07) is 4.13. The molecule has 1 heterocycles. The van der Waals surface area contributed by atoms with Gasteiger partial charge < -0.3 is 9.64 Å². The number of aryl methyl sites for hydroxylation is 2. The van der Waals surface area contributed by atoms with Gasteiger partial charge in [0.25, 0.3) is 5.91 Å². The van der Waals surface area contributed by atoms with E-state index in [2.05, 4.69) is 4.98 Å². The highest BCUT2D eigenvalue weighted by atomic mass is 32.1. The second-order valence-electron chi connectivity index (χ2n) is 5.09. The van der Waals surface area contributed by atoms with E-state index in [9.17, 15) is 9.18 Å². The number of benzene rings is 1. The van der Waals surface area contributed by atoms with Gasteiger partial charge in [0.05, 0.1) is 29.4 Å². The Labute approximate surface area is 133 Å². The Kier molecular flexibility index (Phi) is 4.81. The summed E-state index contributed by atoms with van der Waals surface area (Å²) in [5.74, 6) is -0.873. The van der Waals surface area contributed by atoms with Gasteiger partial charge in [-0.3, -0.25) is 4.79 Å². The Hall–Kier alpha value is -1.95. The van der Waals surface area contributed by atoms with E-state index in [0.29, 0.717) is 0 Å². The minimum Gasteiger partial charge on any atom is -0.493 e. The highest BCUT2D eigenvalue weighted by Crippen LogP contribution is 2.29. The zero-order chi connectivity index (χ0) is 16.4. The van der Waals surface area contributed by atoms with E-state index in [0.717, 1.165) is 15.6 Å². The van der Waals surface area contributed by atoms with Crippen molar-refractivity contribution < 1.29 is 13.9 Å². The largest absolute Gasteiger partial charge is 0.493 e. The molecule has 0 aliphatic carbocycles. The van der Waals surface area contributed by atoms with E-state index in [1.54, 1.807) is 29.4 Å². The summed E-state index contributed by atoms with van der Waals surface area (Å²) in [6.45, 7) is 5.83. The first kappa shape index (κ1) is 16.4. The van der Waals surface area contributed by atoms with E-state index < -0.39 is 5.82 Å². The van der Waals surface area contributed by atoms with Crippen LogP contribution in [0.1, 0.15) is 38.9 Å². The first-order chi connectivity index (χ1) is 10.4. The average Bonchev–Trinajstić information content (AvgIpc) is 2.83. The molecule has 0 N–H and O–H groups in total. The van der Waals surface area contributed by atoms with Crippen LogP contribution in [0.25, 0.3) is 0 Å². The fraction of sp³-hybridized carbons (Fsp3) is 0.375. The maximum atomic E-state index is 13.8. The van der Waals surface area contributed by atoms with Gasteiger partial charge in [0.1, 0.15) is 0 Å². The zero-order valence-corrected chi connectivity index (χ0v) is 14.1. The standard InChI is InChI=1S/C16H19FN2O2S/c1-9(14-10(2)22-11(3)18-14)19(4)16(20)12-7-6-8-13(17)15(12)21-5/h6-9H,1-5H3/t9-/m0/s1. The normalized spacial score (nSPS) is 12.1. The molecule has 0 fully saturated rings. The third-order valence-corrected chi connectivity index (χ3v) is 4.54. The maximum Gasteiger partial charge on any atom is 0.258 e. The molecule has 1 aromatic carbocycles. The second-order valence-corrected chi connectivity index (χ2v) is 6.49. The van der Waals surface area contributed by atoms with Gasteiger partial charge in [-0.15, -0.1) is 11.3 Å². The number of para-hydroxylation sites is 1. The quantitative estimate of drug-likeness (QED) is 0.861. The second kappa shape index (κ2) is 6.44. The summed E-state index contributed by atoms with van der Waals surface area (Å²) in [6.07, 6.45) is 0. The lowest BCUT2D eigenvalue weighted by molar-refractivity contribution is 0.0735. The lowest BCUT2D eigenvalue weighted by atomic mass is 10.1. The number of hydrogen-bond acceptors (Lipinski definition) is 4. The van der Waals surface area contributed by atoms with Gasteiger partial charge in [-0.25, -0.2) is 9.37 Å². The Morgan fingerprint density at radius 3 is 2.64 bits per heavy atom. The highest BCUT2D eigenvalue weighted by molar-refractivity contribution is 7.11. The van der Waals surface area contributed by atoms with Crippen LogP contribution < -0.4 is 4.74 Å². The van der Waals surface area contributed by atoms with Crippen LogP contribution >= 0.6 is 11.3 Å². The number of carbonyl (C=O) groups excluding carboxylic acids is 1. The van der Waals surface area contributed by atoms with Gasteiger partial charge in [-0.2, -0.15) is 0 Å². The smallest absolute Gasteiger partial charge is 0.258 e. The first-order valence-electron chi connectivity index (χ1n) is 6.90. The maximum absolute atomic E-state index is 13.8.